The second-order valence-corrected chi connectivity index (χ2v) is 22.6. The van der Waals surface area contributed by atoms with Crippen molar-refractivity contribution in [3.05, 3.63) is 76.9 Å². The first-order valence-electron chi connectivity index (χ1n) is 10.0. The summed E-state index contributed by atoms with van der Waals surface area (Å²) >= 11 is -4.20. The fourth-order valence-electron chi connectivity index (χ4n) is 5.48. The van der Waals surface area contributed by atoms with Crippen LogP contribution in [0.25, 0.3) is 6.08 Å². The van der Waals surface area contributed by atoms with Crippen LogP contribution in [0, 0.1) is 5.92 Å². The van der Waals surface area contributed by atoms with E-state index in [4.69, 9.17) is 22.8 Å². The zero-order valence-electron chi connectivity index (χ0n) is 15.9. The molecule has 3 unspecified atom stereocenters. The van der Waals surface area contributed by atoms with Crippen molar-refractivity contribution in [2.75, 3.05) is 0 Å². The van der Waals surface area contributed by atoms with Gasteiger partial charge in [0.25, 0.3) is 0 Å². The van der Waals surface area contributed by atoms with Crippen LogP contribution < -0.4 is 4.22 Å². The molecule has 0 aromatic heterocycles. The molecule has 0 saturated heterocycles. The molecule has 0 heterocycles. The quantitative estimate of drug-likeness (QED) is 0.502. The minimum atomic E-state index is -4.20. The van der Waals surface area contributed by atoms with Crippen molar-refractivity contribution in [2.24, 2.45) is 10.1 Å². The Labute approximate surface area is 171 Å². The standard InChI is InChI=1S/C16H19.C7H7.2ClH.H2N.Ti/c1-12-11-14-9-5-6-10-15(14)16(12)13-7-3-2-4-8-13;1-7-5-3-2-4-6-7;;;;/h5-7,9-11,13,16H,2-4,8H2,1H3;2-6H,1H2;2*1H;1H2;/q;;;;-1;+3/p-2. The molecule has 4 rings (SSSR count). The number of halogens is 2. The second kappa shape index (κ2) is 7.36. The van der Waals surface area contributed by atoms with Gasteiger partial charge in [0.1, 0.15) is 0 Å². The predicted molar refractivity (Wildman–Crippen MR) is 115 cm³/mol. The van der Waals surface area contributed by atoms with Crippen molar-refractivity contribution >= 4 is 24.7 Å². The third kappa shape index (κ3) is 3.95. The van der Waals surface area contributed by atoms with Gasteiger partial charge in [-0.3, -0.25) is 0 Å². The summed E-state index contributed by atoms with van der Waals surface area (Å²) in [6, 6.07) is 19.1. The summed E-state index contributed by atoms with van der Waals surface area (Å²) in [7, 11) is 14.5. The van der Waals surface area contributed by atoms with Crippen LogP contribution in [0.3, 0.4) is 0 Å². The molecule has 2 aliphatic rings. The number of benzene rings is 2. The normalized spacial score (nSPS) is 26.7. The van der Waals surface area contributed by atoms with Gasteiger partial charge in [-0.05, 0) is 0 Å². The van der Waals surface area contributed by atoms with Crippen LogP contribution in [0.5, 0.6) is 0 Å². The fraction of sp³-hybridized carbons (Fsp3) is 0.391. The van der Waals surface area contributed by atoms with Gasteiger partial charge in [0.05, 0.1) is 0 Å². The van der Waals surface area contributed by atoms with Crippen LogP contribution in [0.4, 0.5) is 0 Å². The molecule has 1 saturated carbocycles. The van der Waals surface area contributed by atoms with E-state index in [1.54, 1.807) is 0 Å². The maximum absolute atomic E-state index is 7.27. The van der Waals surface area contributed by atoms with E-state index < -0.39 is 13.4 Å². The van der Waals surface area contributed by atoms with E-state index in [1.807, 2.05) is 18.2 Å². The molecule has 0 radical (unpaired) electrons. The third-order valence-corrected chi connectivity index (χ3v) is 15.2. The minimum absolute atomic E-state index is 0.235. The molecule has 0 bridgehead atoms. The molecule has 1 nitrogen and oxygen atoms in total. The van der Waals surface area contributed by atoms with Crippen LogP contribution in [-0.4, -0.2) is 0 Å². The van der Waals surface area contributed by atoms with Gasteiger partial charge in [0.15, 0.2) is 0 Å². The Bertz CT molecular complexity index is 853. The molecule has 4 heteroatoms. The van der Waals surface area contributed by atoms with Crippen molar-refractivity contribution < 1.29 is 13.4 Å². The van der Waals surface area contributed by atoms with E-state index in [1.165, 1.54) is 41.5 Å². The van der Waals surface area contributed by atoms with Crippen LogP contribution in [0.15, 0.2) is 60.2 Å². The molecule has 2 aromatic rings. The Hall–Kier alpha value is -0.566. The monoisotopic (exact) mass is 436 g/mol. The van der Waals surface area contributed by atoms with Gasteiger partial charge in [0, 0.05) is 0 Å². The summed E-state index contributed by atoms with van der Waals surface area (Å²) < 4.78 is 7.88. The molecular formula is C23H28Cl2NTi. The number of allylic oxidation sites excluding steroid dienone is 1. The SMILES string of the molecule is CC1=Cc2ccccc2C1C1CCCC[CH]1[Ti]([NH2])([Cl])([Cl])[CH2]c1ccccc1. The molecule has 0 spiro atoms. The molecule has 3 atom stereocenters. The Kier molecular flexibility index (Phi) is 5.38. The Morgan fingerprint density at radius 2 is 1.63 bits per heavy atom. The topological polar surface area (TPSA) is 26.0 Å². The summed E-state index contributed by atoms with van der Waals surface area (Å²) in [5.74, 6) is 0.852. The van der Waals surface area contributed by atoms with Crippen molar-refractivity contribution in [3.8, 4) is 0 Å². The van der Waals surface area contributed by atoms with Gasteiger partial charge >= 0.3 is 173 Å². The summed E-state index contributed by atoms with van der Waals surface area (Å²) in [6.07, 6.45) is 6.99. The Morgan fingerprint density at radius 1 is 0.963 bits per heavy atom. The fourth-order valence-corrected chi connectivity index (χ4v) is 14.1. The van der Waals surface area contributed by atoms with E-state index in [0.717, 1.165) is 6.42 Å². The van der Waals surface area contributed by atoms with E-state index in [0.29, 0.717) is 16.6 Å². The van der Waals surface area contributed by atoms with E-state index in [9.17, 15) is 0 Å². The van der Waals surface area contributed by atoms with Crippen molar-refractivity contribution in [2.45, 2.75) is 47.5 Å². The summed E-state index contributed by atoms with van der Waals surface area (Å²) in [5, 5.41) is 0. The zero-order valence-corrected chi connectivity index (χ0v) is 18.9. The van der Waals surface area contributed by atoms with E-state index >= 15 is 0 Å². The number of hydrogen-bond donors (Lipinski definition) is 1. The van der Waals surface area contributed by atoms with Crippen LogP contribution in [0.1, 0.15) is 55.2 Å². The summed E-state index contributed by atoms with van der Waals surface area (Å²) in [6.45, 7) is 2.26. The van der Waals surface area contributed by atoms with E-state index in [-0.39, 0.29) is 4.22 Å². The predicted octanol–water partition coefficient (Wildman–Crippen LogP) is 7.24. The molecule has 27 heavy (non-hydrogen) atoms. The number of rotatable bonds is 4. The maximum atomic E-state index is 7.27. The van der Waals surface area contributed by atoms with Gasteiger partial charge in [-0.15, -0.1) is 0 Å². The molecule has 1 fully saturated rings. The molecule has 2 N–H and O–H groups in total. The Balaban J connectivity index is 1.70. The van der Waals surface area contributed by atoms with E-state index in [2.05, 4.69) is 49.4 Å². The number of fused-ring (bicyclic) bond motifs is 1. The second-order valence-electron chi connectivity index (χ2n) is 8.56. The van der Waals surface area contributed by atoms with Crippen LogP contribution in [0.2, 0.25) is 4.22 Å². The molecule has 2 aliphatic carbocycles. The van der Waals surface area contributed by atoms with Gasteiger partial charge in [-0.2, -0.15) is 0 Å². The third-order valence-electron chi connectivity index (χ3n) is 6.59. The number of hydrogen-bond acceptors (Lipinski definition) is 1. The average Bonchev–Trinajstić information content (AvgIpc) is 2.97. The summed E-state index contributed by atoms with van der Waals surface area (Å²) in [4.78, 5) is 0. The number of nitrogens with two attached hydrogens (primary N) is 1. The Morgan fingerprint density at radius 3 is 2.41 bits per heavy atom. The van der Waals surface area contributed by atoms with Gasteiger partial charge < -0.3 is 0 Å². The first-order chi connectivity index (χ1) is 12.8. The first-order valence-corrected chi connectivity index (χ1v) is 17.2. The van der Waals surface area contributed by atoms with Gasteiger partial charge in [-0.25, -0.2) is 0 Å². The average molecular weight is 437 g/mol. The molecule has 0 aliphatic heterocycles. The van der Waals surface area contributed by atoms with Crippen molar-refractivity contribution in [3.63, 3.8) is 0 Å². The van der Waals surface area contributed by atoms with Crippen LogP contribution >= 0.6 is 18.6 Å². The molecule has 2 aromatic carbocycles. The molecular weight excluding hydrogens is 409 g/mol. The van der Waals surface area contributed by atoms with Crippen molar-refractivity contribution in [1.29, 1.82) is 0 Å². The summed E-state index contributed by atoms with van der Waals surface area (Å²) in [5.41, 5.74) is 5.39. The van der Waals surface area contributed by atoms with Gasteiger partial charge in [-0.1, -0.05) is 0 Å². The van der Waals surface area contributed by atoms with Gasteiger partial charge in [0.2, 0.25) is 0 Å². The van der Waals surface area contributed by atoms with Crippen molar-refractivity contribution in [1.82, 2.24) is 0 Å². The zero-order chi connectivity index (χ0) is 19.1. The molecule has 143 valence electrons. The first kappa shape index (κ1) is 19.7. The molecule has 0 amide bonds. The van der Waals surface area contributed by atoms with Crippen LogP contribution in [-0.2, 0) is 18.2 Å².